The largest absolute Gasteiger partial charge is 0.103 e. The molecule has 0 radical (unpaired) electrons. The SMILES string of the molecule is C=CC(C)CCCC(C)(C)C(C)(C)C. The molecule has 0 saturated heterocycles. The average molecular weight is 196 g/mol. The van der Waals surface area contributed by atoms with Gasteiger partial charge in [0.2, 0.25) is 0 Å². The van der Waals surface area contributed by atoms with E-state index in [0.717, 1.165) is 0 Å². The molecule has 0 nitrogen and oxygen atoms in total. The van der Waals surface area contributed by atoms with E-state index in [2.05, 4.69) is 54.2 Å². The molecule has 0 aromatic rings. The van der Waals surface area contributed by atoms with E-state index in [4.69, 9.17) is 0 Å². The zero-order valence-electron chi connectivity index (χ0n) is 11.0. The maximum absolute atomic E-state index is 3.82. The molecule has 1 atom stereocenters. The van der Waals surface area contributed by atoms with Gasteiger partial charge in [0.15, 0.2) is 0 Å². The molecule has 0 aliphatic rings. The van der Waals surface area contributed by atoms with E-state index in [1.807, 2.05) is 0 Å². The Balaban J connectivity index is 3.95. The number of allylic oxidation sites excluding steroid dienone is 1. The Labute approximate surface area is 90.8 Å². The lowest BCUT2D eigenvalue weighted by Gasteiger charge is -2.39. The summed E-state index contributed by atoms with van der Waals surface area (Å²) in [7, 11) is 0. The van der Waals surface area contributed by atoms with Crippen molar-refractivity contribution in [2.24, 2.45) is 16.7 Å². The van der Waals surface area contributed by atoms with E-state index in [1.165, 1.54) is 19.3 Å². The predicted octanol–water partition coefficient (Wildman–Crippen LogP) is 5.05. The molecule has 14 heavy (non-hydrogen) atoms. The Kier molecular flexibility index (Phi) is 4.91. The van der Waals surface area contributed by atoms with Gasteiger partial charge >= 0.3 is 0 Å². The first-order chi connectivity index (χ1) is 6.20. The standard InChI is InChI=1S/C14H28/c1-8-12(2)10-9-11-14(6,7)13(3,4)5/h8,12H,1,9-11H2,2-7H3. The molecular formula is C14H28. The van der Waals surface area contributed by atoms with Crippen LogP contribution in [0.25, 0.3) is 0 Å². The minimum Gasteiger partial charge on any atom is -0.103 e. The lowest BCUT2D eigenvalue weighted by atomic mass is 9.66. The third-order valence-corrected chi connectivity index (χ3v) is 3.89. The van der Waals surface area contributed by atoms with Crippen molar-refractivity contribution in [2.75, 3.05) is 0 Å². The third kappa shape index (κ3) is 4.30. The fourth-order valence-electron chi connectivity index (χ4n) is 1.36. The second-order valence-electron chi connectivity index (χ2n) is 6.24. The molecule has 0 aliphatic heterocycles. The van der Waals surface area contributed by atoms with Crippen molar-refractivity contribution in [3.63, 3.8) is 0 Å². The molecular weight excluding hydrogens is 168 g/mol. The number of hydrogen-bond donors (Lipinski definition) is 0. The highest BCUT2D eigenvalue weighted by Crippen LogP contribution is 2.42. The van der Waals surface area contributed by atoms with E-state index in [9.17, 15) is 0 Å². The summed E-state index contributed by atoms with van der Waals surface area (Å²) in [6, 6.07) is 0. The van der Waals surface area contributed by atoms with Gasteiger partial charge < -0.3 is 0 Å². The topological polar surface area (TPSA) is 0 Å². The second-order valence-corrected chi connectivity index (χ2v) is 6.24. The molecule has 0 saturated carbocycles. The monoisotopic (exact) mass is 196 g/mol. The number of rotatable bonds is 5. The number of hydrogen-bond acceptors (Lipinski definition) is 0. The first kappa shape index (κ1) is 13.7. The van der Waals surface area contributed by atoms with Gasteiger partial charge in [-0.15, -0.1) is 6.58 Å². The van der Waals surface area contributed by atoms with E-state index in [-0.39, 0.29) is 0 Å². The smallest absolute Gasteiger partial charge is 0.0265 e. The van der Waals surface area contributed by atoms with Crippen LogP contribution in [0.5, 0.6) is 0 Å². The highest BCUT2D eigenvalue weighted by molar-refractivity contribution is 4.83. The van der Waals surface area contributed by atoms with Gasteiger partial charge in [-0.2, -0.15) is 0 Å². The molecule has 0 heterocycles. The summed E-state index contributed by atoms with van der Waals surface area (Å²) in [5.41, 5.74) is 0.846. The summed E-state index contributed by atoms with van der Waals surface area (Å²) in [6.07, 6.45) is 5.97. The molecule has 1 unspecified atom stereocenters. The lowest BCUT2D eigenvalue weighted by molar-refractivity contribution is 0.115. The Morgan fingerprint density at radius 1 is 1.14 bits per heavy atom. The summed E-state index contributed by atoms with van der Waals surface area (Å²) in [4.78, 5) is 0. The van der Waals surface area contributed by atoms with Crippen LogP contribution in [0.2, 0.25) is 0 Å². The molecule has 0 heteroatoms. The van der Waals surface area contributed by atoms with Crippen LogP contribution in [0.3, 0.4) is 0 Å². The van der Waals surface area contributed by atoms with Crippen molar-refractivity contribution < 1.29 is 0 Å². The Morgan fingerprint density at radius 2 is 1.64 bits per heavy atom. The molecule has 0 rings (SSSR count). The van der Waals surface area contributed by atoms with Crippen LogP contribution in [0, 0.1) is 16.7 Å². The first-order valence-corrected chi connectivity index (χ1v) is 5.83. The van der Waals surface area contributed by atoms with Crippen molar-refractivity contribution in [3.8, 4) is 0 Å². The quantitative estimate of drug-likeness (QED) is 0.540. The van der Waals surface area contributed by atoms with Gasteiger partial charge in [-0.1, -0.05) is 54.0 Å². The molecule has 0 fully saturated rings. The molecule has 0 aromatic heterocycles. The predicted molar refractivity (Wildman–Crippen MR) is 66.4 cm³/mol. The van der Waals surface area contributed by atoms with Crippen molar-refractivity contribution in [2.45, 2.75) is 60.8 Å². The minimum atomic E-state index is 0.407. The van der Waals surface area contributed by atoms with Gasteiger partial charge in [0.1, 0.15) is 0 Å². The van der Waals surface area contributed by atoms with Crippen LogP contribution in [-0.2, 0) is 0 Å². The Morgan fingerprint density at radius 3 is 2.00 bits per heavy atom. The van der Waals surface area contributed by atoms with E-state index in [0.29, 0.717) is 16.7 Å². The third-order valence-electron chi connectivity index (χ3n) is 3.89. The first-order valence-electron chi connectivity index (χ1n) is 5.83. The highest BCUT2D eigenvalue weighted by Gasteiger charge is 2.31. The summed E-state index contributed by atoms with van der Waals surface area (Å²) >= 11 is 0. The molecule has 0 aromatic carbocycles. The Bertz CT molecular complexity index is 169. The van der Waals surface area contributed by atoms with E-state index < -0.39 is 0 Å². The van der Waals surface area contributed by atoms with Crippen LogP contribution in [0.1, 0.15) is 60.8 Å². The Hall–Kier alpha value is -0.260. The highest BCUT2D eigenvalue weighted by atomic mass is 14.4. The lowest BCUT2D eigenvalue weighted by Crippen LogP contribution is -2.29. The summed E-state index contributed by atoms with van der Waals surface area (Å²) in [5.74, 6) is 0.672. The molecule has 0 N–H and O–H groups in total. The van der Waals surface area contributed by atoms with Gasteiger partial charge in [0.25, 0.3) is 0 Å². The van der Waals surface area contributed by atoms with Crippen LogP contribution in [0.15, 0.2) is 12.7 Å². The van der Waals surface area contributed by atoms with Crippen molar-refractivity contribution >= 4 is 0 Å². The fraction of sp³-hybridized carbons (Fsp3) is 0.857. The van der Waals surface area contributed by atoms with Crippen molar-refractivity contribution in [3.05, 3.63) is 12.7 Å². The van der Waals surface area contributed by atoms with E-state index >= 15 is 0 Å². The van der Waals surface area contributed by atoms with Crippen LogP contribution >= 0.6 is 0 Å². The van der Waals surface area contributed by atoms with Crippen LogP contribution < -0.4 is 0 Å². The van der Waals surface area contributed by atoms with Gasteiger partial charge in [0.05, 0.1) is 0 Å². The van der Waals surface area contributed by atoms with Crippen molar-refractivity contribution in [1.29, 1.82) is 0 Å². The summed E-state index contributed by atoms with van der Waals surface area (Å²) < 4.78 is 0. The maximum Gasteiger partial charge on any atom is -0.0265 e. The van der Waals surface area contributed by atoms with Gasteiger partial charge in [0, 0.05) is 0 Å². The van der Waals surface area contributed by atoms with Gasteiger partial charge in [-0.3, -0.25) is 0 Å². The molecule has 0 spiro atoms. The zero-order valence-corrected chi connectivity index (χ0v) is 11.0. The average Bonchev–Trinajstić information content (AvgIpc) is 2.01. The maximum atomic E-state index is 3.82. The van der Waals surface area contributed by atoms with Crippen molar-refractivity contribution in [1.82, 2.24) is 0 Å². The van der Waals surface area contributed by atoms with Gasteiger partial charge in [-0.05, 0) is 29.6 Å². The second kappa shape index (κ2) is 5.00. The molecule has 0 amide bonds. The van der Waals surface area contributed by atoms with Crippen LogP contribution in [0.4, 0.5) is 0 Å². The molecule has 0 bridgehead atoms. The zero-order chi connectivity index (χ0) is 11.4. The molecule has 0 aliphatic carbocycles. The minimum absolute atomic E-state index is 0.407. The summed E-state index contributed by atoms with van der Waals surface area (Å²) in [5, 5.41) is 0. The van der Waals surface area contributed by atoms with Crippen LogP contribution in [-0.4, -0.2) is 0 Å². The van der Waals surface area contributed by atoms with E-state index in [1.54, 1.807) is 0 Å². The van der Waals surface area contributed by atoms with Gasteiger partial charge in [-0.25, -0.2) is 0 Å². The normalized spacial score (nSPS) is 15.3. The molecule has 84 valence electrons. The fourth-order valence-corrected chi connectivity index (χ4v) is 1.36. The summed E-state index contributed by atoms with van der Waals surface area (Å²) in [6.45, 7) is 17.8.